The molecule has 2 aromatic carbocycles. The van der Waals surface area contributed by atoms with E-state index in [2.05, 4.69) is 107 Å². The van der Waals surface area contributed by atoms with E-state index in [0.29, 0.717) is 0 Å². The highest BCUT2D eigenvalue weighted by Crippen LogP contribution is 2.37. The minimum Gasteiger partial charge on any atom is -0.407 e. The van der Waals surface area contributed by atoms with Crippen LogP contribution in [0.4, 0.5) is 0 Å². The van der Waals surface area contributed by atoms with Crippen LogP contribution in [0.5, 0.6) is 0 Å². The van der Waals surface area contributed by atoms with Crippen molar-refractivity contribution in [2.24, 2.45) is 0 Å². The Labute approximate surface area is 154 Å². The SMILES string of the molecule is CC(C)(C)[Si](C)(C)OC(/C=C/c1ccccc1)/C=C/c1ccccc1. The number of hydrogen-bond acceptors (Lipinski definition) is 1. The zero-order valence-electron chi connectivity index (χ0n) is 16.1. The van der Waals surface area contributed by atoms with E-state index in [-0.39, 0.29) is 11.1 Å². The Bertz CT molecular complexity index is 644. The zero-order valence-corrected chi connectivity index (χ0v) is 17.1. The predicted octanol–water partition coefficient (Wildman–Crippen LogP) is 6.80. The standard InChI is InChI=1S/C23H30OSi/c1-23(2,3)25(4,5)24-22(18-16-20-12-8-6-9-13-20)19-17-21-14-10-7-11-15-21/h6-19,22H,1-5H3/b18-16+,19-17+. The van der Waals surface area contributed by atoms with Crippen LogP contribution < -0.4 is 0 Å². The maximum absolute atomic E-state index is 6.61. The van der Waals surface area contributed by atoms with Crippen molar-refractivity contribution in [2.75, 3.05) is 0 Å². The van der Waals surface area contributed by atoms with Gasteiger partial charge in [0.25, 0.3) is 0 Å². The molecule has 0 spiro atoms. The van der Waals surface area contributed by atoms with Gasteiger partial charge in [0.05, 0.1) is 6.10 Å². The van der Waals surface area contributed by atoms with Gasteiger partial charge in [0.2, 0.25) is 0 Å². The van der Waals surface area contributed by atoms with Gasteiger partial charge in [-0.25, -0.2) is 0 Å². The number of benzene rings is 2. The molecular formula is C23H30OSi. The molecule has 0 aliphatic heterocycles. The molecule has 0 unspecified atom stereocenters. The number of hydrogen-bond donors (Lipinski definition) is 0. The van der Waals surface area contributed by atoms with Gasteiger partial charge < -0.3 is 4.43 Å². The second kappa shape index (κ2) is 8.46. The predicted molar refractivity (Wildman–Crippen MR) is 113 cm³/mol. The summed E-state index contributed by atoms with van der Waals surface area (Å²) in [6.07, 6.45) is 8.59. The van der Waals surface area contributed by atoms with E-state index < -0.39 is 8.32 Å². The van der Waals surface area contributed by atoms with Crippen LogP contribution in [0.15, 0.2) is 72.8 Å². The van der Waals surface area contributed by atoms with Crippen LogP contribution in [0.2, 0.25) is 18.1 Å². The van der Waals surface area contributed by atoms with Crippen LogP contribution in [0.3, 0.4) is 0 Å². The molecular weight excluding hydrogens is 320 g/mol. The van der Waals surface area contributed by atoms with Crippen molar-refractivity contribution in [1.82, 2.24) is 0 Å². The third kappa shape index (κ3) is 6.15. The van der Waals surface area contributed by atoms with Gasteiger partial charge in [-0.15, -0.1) is 0 Å². The lowest BCUT2D eigenvalue weighted by molar-refractivity contribution is 0.269. The van der Waals surface area contributed by atoms with E-state index in [1.54, 1.807) is 0 Å². The summed E-state index contributed by atoms with van der Waals surface area (Å²) in [6, 6.07) is 20.8. The van der Waals surface area contributed by atoms with Crippen LogP contribution in [0.1, 0.15) is 31.9 Å². The molecule has 2 aromatic rings. The summed E-state index contributed by atoms with van der Waals surface area (Å²) in [5.41, 5.74) is 2.39. The van der Waals surface area contributed by atoms with Crippen molar-refractivity contribution < 1.29 is 4.43 Å². The van der Waals surface area contributed by atoms with Crippen LogP contribution >= 0.6 is 0 Å². The molecule has 25 heavy (non-hydrogen) atoms. The Balaban J connectivity index is 2.21. The highest BCUT2D eigenvalue weighted by Gasteiger charge is 2.38. The molecule has 0 N–H and O–H groups in total. The Morgan fingerprint density at radius 3 is 1.52 bits per heavy atom. The lowest BCUT2D eigenvalue weighted by Crippen LogP contribution is -2.43. The van der Waals surface area contributed by atoms with Gasteiger partial charge >= 0.3 is 0 Å². The molecule has 0 fully saturated rings. The van der Waals surface area contributed by atoms with Crippen molar-refractivity contribution in [3.8, 4) is 0 Å². The van der Waals surface area contributed by atoms with Gasteiger partial charge in [0.1, 0.15) is 0 Å². The topological polar surface area (TPSA) is 9.23 Å². The van der Waals surface area contributed by atoms with Crippen LogP contribution in [-0.2, 0) is 4.43 Å². The molecule has 0 saturated heterocycles. The van der Waals surface area contributed by atoms with E-state index in [1.807, 2.05) is 12.1 Å². The average molecular weight is 351 g/mol. The Morgan fingerprint density at radius 1 is 0.760 bits per heavy atom. The minimum atomic E-state index is -1.85. The maximum atomic E-state index is 6.61. The largest absolute Gasteiger partial charge is 0.407 e. The van der Waals surface area contributed by atoms with E-state index in [9.17, 15) is 0 Å². The Kier molecular flexibility index (Phi) is 6.57. The summed E-state index contributed by atoms with van der Waals surface area (Å²) >= 11 is 0. The average Bonchev–Trinajstić information content (AvgIpc) is 2.58. The molecule has 2 heteroatoms. The second-order valence-electron chi connectivity index (χ2n) is 7.88. The molecule has 0 atom stereocenters. The maximum Gasteiger partial charge on any atom is 0.193 e. The molecule has 0 saturated carbocycles. The monoisotopic (exact) mass is 350 g/mol. The van der Waals surface area contributed by atoms with Gasteiger partial charge in [-0.2, -0.15) is 0 Å². The fourth-order valence-corrected chi connectivity index (χ4v) is 3.39. The summed E-state index contributed by atoms with van der Waals surface area (Å²) in [7, 11) is -1.85. The van der Waals surface area contributed by atoms with Crippen LogP contribution in [0.25, 0.3) is 12.2 Å². The quantitative estimate of drug-likeness (QED) is 0.520. The molecule has 2 rings (SSSR count). The van der Waals surface area contributed by atoms with Crippen molar-refractivity contribution in [1.29, 1.82) is 0 Å². The van der Waals surface area contributed by atoms with E-state index in [1.165, 1.54) is 11.1 Å². The van der Waals surface area contributed by atoms with Crippen molar-refractivity contribution in [3.05, 3.63) is 83.9 Å². The lowest BCUT2D eigenvalue weighted by Gasteiger charge is -2.38. The summed E-state index contributed by atoms with van der Waals surface area (Å²) in [6.45, 7) is 11.4. The molecule has 1 nitrogen and oxygen atoms in total. The molecule has 0 radical (unpaired) electrons. The van der Waals surface area contributed by atoms with Gasteiger partial charge in [-0.1, -0.05) is 106 Å². The second-order valence-corrected chi connectivity index (χ2v) is 12.6. The third-order valence-electron chi connectivity index (χ3n) is 4.79. The van der Waals surface area contributed by atoms with Gasteiger partial charge in [-0.3, -0.25) is 0 Å². The fourth-order valence-electron chi connectivity index (χ4n) is 2.20. The summed E-state index contributed by atoms with van der Waals surface area (Å²) in [4.78, 5) is 0. The van der Waals surface area contributed by atoms with Gasteiger partial charge in [-0.05, 0) is 29.3 Å². The lowest BCUT2D eigenvalue weighted by atomic mass is 10.1. The van der Waals surface area contributed by atoms with Gasteiger partial charge in [0.15, 0.2) is 8.32 Å². The van der Waals surface area contributed by atoms with E-state index in [4.69, 9.17) is 4.43 Å². The van der Waals surface area contributed by atoms with Crippen LogP contribution in [-0.4, -0.2) is 14.4 Å². The van der Waals surface area contributed by atoms with Crippen molar-refractivity contribution in [3.63, 3.8) is 0 Å². The van der Waals surface area contributed by atoms with Crippen LogP contribution in [0, 0.1) is 0 Å². The highest BCUT2D eigenvalue weighted by atomic mass is 28.4. The fraction of sp³-hybridized carbons (Fsp3) is 0.304. The Morgan fingerprint density at radius 2 is 1.16 bits per heavy atom. The molecule has 0 aliphatic carbocycles. The first kappa shape index (κ1) is 19.4. The first-order valence-corrected chi connectivity index (χ1v) is 11.8. The first-order valence-electron chi connectivity index (χ1n) is 8.92. The smallest absolute Gasteiger partial charge is 0.193 e. The molecule has 0 amide bonds. The zero-order chi connectivity index (χ0) is 18.3. The first-order chi connectivity index (χ1) is 11.8. The normalized spacial score (nSPS) is 13.2. The van der Waals surface area contributed by atoms with Crippen molar-refractivity contribution >= 4 is 20.5 Å². The molecule has 132 valence electrons. The highest BCUT2D eigenvalue weighted by molar-refractivity contribution is 6.74. The number of rotatable bonds is 6. The summed E-state index contributed by atoms with van der Waals surface area (Å²) in [5, 5.41) is 0.187. The molecule has 0 bridgehead atoms. The summed E-state index contributed by atoms with van der Waals surface area (Å²) in [5.74, 6) is 0. The molecule has 0 aromatic heterocycles. The van der Waals surface area contributed by atoms with E-state index >= 15 is 0 Å². The summed E-state index contributed by atoms with van der Waals surface area (Å²) < 4.78 is 6.61. The van der Waals surface area contributed by atoms with Gasteiger partial charge in [0, 0.05) is 0 Å². The van der Waals surface area contributed by atoms with E-state index in [0.717, 1.165) is 0 Å². The molecule has 0 heterocycles. The van der Waals surface area contributed by atoms with Crippen molar-refractivity contribution in [2.45, 2.75) is 45.0 Å². The third-order valence-corrected chi connectivity index (χ3v) is 9.27. The molecule has 0 aliphatic rings. The Hall–Kier alpha value is -1.90. The minimum absolute atomic E-state index is 0.0266.